The summed E-state index contributed by atoms with van der Waals surface area (Å²) in [6.45, 7) is 6.25. The minimum absolute atomic E-state index is 0.0929. The van der Waals surface area contributed by atoms with Crippen LogP contribution >= 0.6 is 0 Å². The van der Waals surface area contributed by atoms with Gasteiger partial charge in [-0.2, -0.15) is 0 Å². The predicted molar refractivity (Wildman–Crippen MR) is 91.0 cm³/mol. The van der Waals surface area contributed by atoms with Gasteiger partial charge in [0.1, 0.15) is 11.9 Å². The molecule has 3 atom stereocenters. The SMILES string of the molecule is C=CC[C@]12C=C(OC)C(=O)C=C1O[C@@H](c1ccc3c(c1)OCO3)[C@H]2C. The molecule has 0 aromatic heterocycles. The minimum atomic E-state index is -0.429. The molecule has 0 saturated carbocycles. The maximum atomic E-state index is 12.2. The molecule has 5 nitrogen and oxygen atoms in total. The van der Waals surface area contributed by atoms with Crippen molar-refractivity contribution < 1.29 is 23.7 Å². The van der Waals surface area contributed by atoms with E-state index >= 15 is 0 Å². The summed E-state index contributed by atoms with van der Waals surface area (Å²) in [5.74, 6) is 2.41. The van der Waals surface area contributed by atoms with Gasteiger partial charge in [0.2, 0.25) is 12.6 Å². The summed E-state index contributed by atoms with van der Waals surface area (Å²) in [6, 6.07) is 5.83. The van der Waals surface area contributed by atoms with Crippen molar-refractivity contribution in [2.75, 3.05) is 13.9 Å². The van der Waals surface area contributed by atoms with E-state index in [1.54, 1.807) is 6.08 Å². The maximum Gasteiger partial charge on any atom is 0.231 e. The van der Waals surface area contributed by atoms with Crippen molar-refractivity contribution in [1.29, 1.82) is 0 Å². The Bertz CT molecular complexity index is 806. The van der Waals surface area contributed by atoms with E-state index in [1.807, 2.05) is 30.4 Å². The molecule has 1 fully saturated rings. The second kappa shape index (κ2) is 5.69. The predicted octanol–water partition coefficient (Wildman–Crippen LogP) is 3.68. The summed E-state index contributed by atoms with van der Waals surface area (Å²) in [4.78, 5) is 12.2. The Balaban J connectivity index is 1.76. The fraction of sp³-hybridized carbons (Fsp3) is 0.350. The number of rotatable bonds is 4. The second-order valence-electron chi connectivity index (χ2n) is 6.56. The van der Waals surface area contributed by atoms with E-state index in [0.29, 0.717) is 17.9 Å². The van der Waals surface area contributed by atoms with Crippen LogP contribution in [0.15, 0.2) is 54.5 Å². The molecule has 1 saturated heterocycles. The molecule has 25 heavy (non-hydrogen) atoms. The Morgan fingerprint density at radius 1 is 1.36 bits per heavy atom. The third-order valence-corrected chi connectivity index (χ3v) is 5.30. The van der Waals surface area contributed by atoms with Gasteiger partial charge in [0.25, 0.3) is 0 Å². The molecular weight excluding hydrogens is 320 g/mol. The van der Waals surface area contributed by atoms with Crippen LogP contribution in [0.25, 0.3) is 0 Å². The normalized spacial score (nSPS) is 29.4. The van der Waals surface area contributed by atoms with Crippen LogP contribution in [-0.4, -0.2) is 19.7 Å². The molecule has 2 aliphatic heterocycles. The van der Waals surface area contributed by atoms with Crippen molar-refractivity contribution in [1.82, 2.24) is 0 Å². The molecule has 4 rings (SSSR count). The first kappa shape index (κ1) is 15.8. The highest BCUT2D eigenvalue weighted by atomic mass is 16.7. The average molecular weight is 340 g/mol. The summed E-state index contributed by atoms with van der Waals surface area (Å²) >= 11 is 0. The summed E-state index contributed by atoms with van der Waals surface area (Å²) < 4.78 is 22.4. The largest absolute Gasteiger partial charge is 0.493 e. The molecule has 0 unspecified atom stereocenters. The van der Waals surface area contributed by atoms with Crippen LogP contribution in [0.5, 0.6) is 11.5 Å². The first-order valence-corrected chi connectivity index (χ1v) is 8.29. The third kappa shape index (κ3) is 2.26. The number of benzene rings is 1. The molecule has 1 aromatic carbocycles. The van der Waals surface area contributed by atoms with Crippen LogP contribution in [0.1, 0.15) is 25.0 Å². The molecule has 5 heteroatoms. The van der Waals surface area contributed by atoms with E-state index in [1.165, 1.54) is 7.11 Å². The molecule has 0 N–H and O–H groups in total. The molecule has 0 bridgehead atoms. The van der Waals surface area contributed by atoms with Gasteiger partial charge in [0, 0.05) is 12.0 Å². The molecule has 0 radical (unpaired) electrons. The fourth-order valence-corrected chi connectivity index (χ4v) is 3.90. The van der Waals surface area contributed by atoms with E-state index in [9.17, 15) is 4.79 Å². The molecule has 130 valence electrons. The van der Waals surface area contributed by atoms with Crippen molar-refractivity contribution in [3.8, 4) is 11.5 Å². The van der Waals surface area contributed by atoms with Gasteiger partial charge in [-0.25, -0.2) is 0 Å². The van der Waals surface area contributed by atoms with Crippen LogP contribution in [0.4, 0.5) is 0 Å². The first-order valence-electron chi connectivity index (χ1n) is 8.29. The number of carbonyl (C=O) groups excluding carboxylic acids is 1. The molecule has 2 heterocycles. The van der Waals surface area contributed by atoms with E-state index in [-0.39, 0.29) is 24.6 Å². The van der Waals surface area contributed by atoms with Gasteiger partial charge in [-0.15, -0.1) is 6.58 Å². The monoisotopic (exact) mass is 340 g/mol. The first-order chi connectivity index (χ1) is 12.1. The summed E-state index contributed by atoms with van der Waals surface area (Å²) in [5, 5.41) is 0. The van der Waals surface area contributed by atoms with Gasteiger partial charge in [-0.1, -0.05) is 19.1 Å². The summed E-state index contributed by atoms with van der Waals surface area (Å²) in [5.41, 5.74) is 0.567. The van der Waals surface area contributed by atoms with Crippen LogP contribution in [-0.2, 0) is 14.3 Å². The Kier molecular flexibility index (Phi) is 3.60. The van der Waals surface area contributed by atoms with Crippen molar-refractivity contribution in [2.45, 2.75) is 19.4 Å². The molecule has 3 aliphatic rings. The van der Waals surface area contributed by atoms with Gasteiger partial charge < -0.3 is 18.9 Å². The zero-order chi connectivity index (χ0) is 17.6. The van der Waals surface area contributed by atoms with E-state index in [0.717, 1.165) is 17.1 Å². The highest BCUT2D eigenvalue weighted by Gasteiger charge is 2.53. The van der Waals surface area contributed by atoms with E-state index in [2.05, 4.69) is 13.5 Å². The maximum absolute atomic E-state index is 12.2. The number of allylic oxidation sites excluding steroid dienone is 3. The molecular formula is C20H20O5. The molecule has 1 aliphatic carbocycles. The van der Waals surface area contributed by atoms with Crippen molar-refractivity contribution in [3.05, 3.63) is 60.1 Å². The van der Waals surface area contributed by atoms with Gasteiger partial charge >= 0.3 is 0 Å². The van der Waals surface area contributed by atoms with Gasteiger partial charge in [-0.05, 0) is 30.2 Å². The lowest BCUT2D eigenvalue weighted by Gasteiger charge is -2.31. The van der Waals surface area contributed by atoms with Crippen LogP contribution in [0, 0.1) is 11.3 Å². The lowest BCUT2D eigenvalue weighted by atomic mass is 9.69. The number of carbonyl (C=O) groups is 1. The highest BCUT2D eigenvalue weighted by molar-refractivity contribution is 6.04. The average Bonchev–Trinajstić information content (AvgIpc) is 3.18. The van der Waals surface area contributed by atoms with Crippen molar-refractivity contribution in [3.63, 3.8) is 0 Å². The Morgan fingerprint density at radius 2 is 2.16 bits per heavy atom. The number of hydrogen-bond donors (Lipinski definition) is 0. The number of methoxy groups -OCH3 is 1. The Hall–Kier alpha value is -2.69. The number of ether oxygens (including phenoxy) is 4. The quantitative estimate of drug-likeness (QED) is 0.783. The standard InChI is InChI=1S/C20H20O5/c1-4-7-20-10-17(22-3)14(21)9-18(20)25-19(12(20)2)13-5-6-15-16(8-13)24-11-23-15/h4-6,8-10,12,19H,1,7,11H2,2-3H3/t12-,19-,20-/m1/s1. The van der Waals surface area contributed by atoms with Crippen molar-refractivity contribution in [2.24, 2.45) is 11.3 Å². The minimum Gasteiger partial charge on any atom is -0.493 e. The molecule has 0 spiro atoms. The topological polar surface area (TPSA) is 54.0 Å². The number of fused-ring (bicyclic) bond motifs is 2. The highest BCUT2D eigenvalue weighted by Crippen LogP contribution is 2.58. The van der Waals surface area contributed by atoms with Gasteiger partial charge in [0.05, 0.1) is 12.5 Å². The second-order valence-corrected chi connectivity index (χ2v) is 6.56. The number of ketones is 1. The van der Waals surface area contributed by atoms with Gasteiger partial charge in [0.15, 0.2) is 17.3 Å². The smallest absolute Gasteiger partial charge is 0.231 e. The van der Waals surface area contributed by atoms with E-state index < -0.39 is 5.41 Å². The Labute approximate surface area is 146 Å². The zero-order valence-corrected chi connectivity index (χ0v) is 14.3. The lowest BCUT2D eigenvalue weighted by molar-refractivity contribution is -0.114. The van der Waals surface area contributed by atoms with Crippen LogP contribution in [0.3, 0.4) is 0 Å². The van der Waals surface area contributed by atoms with E-state index in [4.69, 9.17) is 18.9 Å². The molecule has 0 amide bonds. The van der Waals surface area contributed by atoms with Gasteiger partial charge in [-0.3, -0.25) is 4.79 Å². The number of hydrogen-bond acceptors (Lipinski definition) is 5. The molecule has 1 aromatic rings. The summed E-state index contributed by atoms with van der Waals surface area (Å²) in [7, 11) is 1.51. The fourth-order valence-electron chi connectivity index (χ4n) is 3.90. The Morgan fingerprint density at radius 3 is 2.92 bits per heavy atom. The summed E-state index contributed by atoms with van der Waals surface area (Å²) in [6.07, 6.45) is 5.77. The third-order valence-electron chi connectivity index (χ3n) is 5.30. The zero-order valence-electron chi connectivity index (χ0n) is 14.3. The van der Waals surface area contributed by atoms with Crippen molar-refractivity contribution >= 4 is 5.78 Å². The lowest BCUT2D eigenvalue weighted by Crippen LogP contribution is -2.29. The van der Waals surface area contributed by atoms with Crippen LogP contribution < -0.4 is 9.47 Å². The van der Waals surface area contributed by atoms with Crippen LogP contribution in [0.2, 0.25) is 0 Å².